The summed E-state index contributed by atoms with van der Waals surface area (Å²) in [5, 5.41) is 0. The molecule has 0 N–H and O–H groups in total. The normalized spacial score (nSPS) is 21.5. The third kappa shape index (κ3) is 10.3. The first-order chi connectivity index (χ1) is 8.68. The van der Waals surface area contributed by atoms with Gasteiger partial charge in [0.25, 0.3) is 0 Å². The van der Waals surface area contributed by atoms with Crippen molar-refractivity contribution < 1.29 is 25.2 Å². The number of allylic oxidation sites excluding steroid dienone is 4. The van der Waals surface area contributed by atoms with Gasteiger partial charge in [-0.15, -0.1) is 11.8 Å². The fourth-order valence-electron chi connectivity index (χ4n) is 2.80. The van der Waals surface area contributed by atoms with Gasteiger partial charge in [0.2, 0.25) is 0 Å². The summed E-state index contributed by atoms with van der Waals surface area (Å²) in [6.07, 6.45) is 13.3. The maximum Gasteiger partial charge on any atom is 0.151 e. The van der Waals surface area contributed by atoms with Crippen LogP contribution in [-0.2, 0) is 25.2 Å². The molecule has 0 aromatic rings. The maximum absolute atomic E-state index is 10.8. The van der Waals surface area contributed by atoms with Gasteiger partial charge in [0.15, 0.2) is 5.78 Å². The fraction of sp³-hybridized carbons (Fsp3) is 0.684. The van der Waals surface area contributed by atoms with Gasteiger partial charge in [-0.2, -0.15) is 6.08 Å². The van der Waals surface area contributed by atoms with Gasteiger partial charge >= 0.3 is 0 Å². The molecule has 4 radical (unpaired) electrons. The third-order valence-electron chi connectivity index (χ3n) is 3.67. The minimum absolute atomic E-state index is 0. The van der Waals surface area contributed by atoms with Crippen molar-refractivity contribution >= 4 is 14.2 Å². The summed E-state index contributed by atoms with van der Waals surface area (Å²) in [4.78, 5) is 13.2. The summed E-state index contributed by atoms with van der Waals surface area (Å²) < 4.78 is 0. The molecule has 1 aliphatic carbocycles. The van der Waals surface area contributed by atoms with Crippen molar-refractivity contribution in [2.75, 3.05) is 7.05 Å². The molecular weight excluding hydrogens is 722 g/mol. The number of nitrogens with zero attached hydrogens (tertiary/aromatic N) is 1. The van der Waals surface area contributed by atoms with Crippen LogP contribution in [0.4, 0.5) is 0 Å². The van der Waals surface area contributed by atoms with Gasteiger partial charge < -0.3 is 4.90 Å². The van der Waals surface area contributed by atoms with E-state index in [1.165, 1.54) is 31.4 Å². The number of likely N-dealkylation sites (tertiary alicyclic amines) is 1. The number of ketones is 1. The van der Waals surface area contributed by atoms with E-state index in [0.29, 0.717) is 6.04 Å². The molecule has 0 bridgehead atoms. The van der Waals surface area contributed by atoms with Crippen LogP contribution in [0.15, 0.2) is 23.9 Å². The van der Waals surface area contributed by atoms with Gasteiger partial charge in [-0.3, -0.25) is 4.79 Å². The van der Waals surface area contributed by atoms with Gasteiger partial charge in [0.05, 0.1) is 0 Å². The predicted octanol–water partition coefficient (Wildman–Crippen LogP) is 5.28. The van der Waals surface area contributed by atoms with Crippen molar-refractivity contribution in [3.05, 3.63) is 30.3 Å². The number of hydrogen-bond donors (Lipinski definition) is 0. The molecule has 0 spiro atoms. The molecule has 0 amide bonds. The van der Waals surface area contributed by atoms with Crippen molar-refractivity contribution in [3.8, 4) is 0 Å². The molecule has 1 saturated heterocycles. The zero-order valence-corrected chi connectivity index (χ0v) is 22.9. The second kappa shape index (κ2) is 19.6. The Morgan fingerprint density at radius 1 is 1.17 bits per heavy atom. The van der Waals surface area contributed by atoms with Gasteiger partial charge in [-0.25, -0.2) is 6.42 Å². The van der Waals surface area contributed by atoms with E-state index >= 15 is 0 Å². The topological polar surface area (TPSA) is 20.3 Å². The van der Waals surface area contributed by atoms with Gasteiger partial charge in [-0.05, 0) is 19.4 Å². The summed E-state index contributed by atoms with van der Waals surface area (Å²) in [5.74, 6) is 0.839. The largest absolute Gasteiger partial charge is 0.405 e. The summed E-state index contributed by atoms with van der Waals surface area (Å²) in [6.45, 7) is 5.58. The second-order valence-corrected chi connectivity index (χ2v) is 4.85. The van der Waals surface area contributed by atoms with Crippen molar-refractivity contribution in [2.45, 2.75) is 74.8 Å². The predicted molar refractivity (Wildman–Crippen MR) is 103 cm³/mol. The van der Waals surface area contributed by atoms with Crippen LogP contribution in [0.2, 0.25) is 0 Å². The first-order valence-electron chi connectivity index (χ1n) is 7.15. The fourth-order valence-corrected chi connectivity index (χ4v) is 2.80. The molecule has 24 heavy (non-hydrogen) atoms. The minimum atomic E-state index is 0. The quantitative estimate of drug-likeness (QED) is 0.217. The zero-order chi connectivity index (χ0) is 13.5. The minimum Gasteiger partial charge on any atom is -0.405 e. The Morgan fingerprint density at radius 3 is 2.12 bits per heavy atom. The third-order valence-corrected chi connectivity index (χ3v) is 3.67. The Morgan fingerprint density at radius 2 is 1.67 bits per heavy atom. The van der Waals surface area contributed by atoms with E-state index in [0.717, 1.165) is 5.92 Å². The molecule has 0 aromatic heterocycles. The SMILES string of the molecule is C.C.C.CC.CC(=O)/C=C/C=C1/[CH-]C2CCCCC2N1C.[B].[Re].[Rf]. The summed E-state index contributed by atoms with van der Waals surface area (Å²) in [5.41, 5.74) is 1.27. The van der Waals surface area contributed by atoms with E-state index in [9.17, 15) is 4.79 Å². The van der Waals surface area contributed by atoms with E-state index in [2.05, 4.69) is 24.4 Å². The Kier molecular flexibility index (Phi) is 31.2. The smallest absolute Gasteiger partial charge is 0.151 e. The molecule has 1 saturated carbocycles. The Balaban J connectivity index is -0.0000000977. The molecule has 2 nitrogen and oxygen atoms in total. The first kappa shape index (κ1) is 38.2. The van der Waals surface area contributed by atoms with E-state index < -0.39 is 0 Å². The number of carbonyl (C=O) groups excluding carboxylic acids is 1. The summed E-state index contributed by atoms with van der Waals surface area (Å²) >= 11 is 0. The molecule has 138 valence electrons. The zero-order valence-electron chi connectivity index (χ0n) is 13.8. The molecule has 2 atom stereocenters. The van der Waals surface area contributed by atoms with Crippen LogP contribution in [0, 0.1) is 12.3 Å². The molecule has 2 fully saturated rings. The van der Waals surface area contributed by atoms with Crippen LogP contribution in [0.3, 0.4) is 0 Å². The van der Waals surface area contributed by atoms with Crippen molar-refractivity contribution in [3.63, 3.8) is 0 Å². The average molecular weight is 761 g/mol. The van der Waals surface area contributed by atoms with E-state index in [4.69, 9.17) is 0 Å². The monoisotopic (exact) mass is 761 g/mol. The van der Waals surface area contributed by atoms with Crippen LogP contribution >= 0.6 is 0 Å². The van der Waals surface area contributed by atoms with Crippen LogP contribution in [0.5, 0.6) is 0 Å². The van der Waals surface area contributed by atoms with Crippen LogP contribution in [-0.4, -0.2) is 32.2 Å². The molecule has 1 heterocycles. The van der Waals surface area contributed by atoms with Crippen molar-refractivity contribution in [1.29, 1.82) is 0 Å². The van der Waals surface area contributed by atoms with Crippen LogP contribution < -0.4 is 0 Å². The van der Waals surface area contributed by atoms with Crippen molar-refractivity contribution in [2.24, 2.45) is 5.92 Å². The van der Waals surface area contributed by atoms with Gasteiger partial charge in [0, 0.05) is 41.9 Å². The number of hydrogen-bond acceptors (Lipinski definition) is 2. The van der Waals surface area contributed by atoms with Crippen molar-refractivity contribution in [1.82, 2.24) is 4.90 Å². The van der Waals surface area contributed by atoms with E-state index in [1.807, 2.05) is 19.9 Å². The second-order valence-electron chi connectivity index (χ2n) is 4.85. The number of carbonyl (C=O) groups is 1. The van der Waals surface area contributed by atoms with Gasteiger partial charge in [-0.1, -0.05) is 61.3 Å². The standard InChI is InChI=1S/C14H20NO.C2H6.3CH4.B.Re.Rf/c1-11(16)6-5-8-13-10-12-7-3-4-9-14(12)15(13)2;1-2;;;;;;/h5-6,8,10,12,14H,3-4,7,9H2,1-2H3;1-2H3;3*1H4;;;/q-1;;;;;;;/b6-5+,13-8-;;;;;;;. The van der Waals surface area contributed by atoms with Crippen LogP contribution in [0.25, 0.3) is 0 Å². The molecule has 5 heteroatoms. The number of fused-ring (bicyclic) bond motifs is 1. The van der Waals surface area contributed by atoms with Crippen LogP contribution in [0.1, 0.15) is 68.7 Å². The van der Waals surface area contributed by atoms with E-state index in [-0.39, 0.29) is 56.9 Å². The first-order valence-corrected chi connectivity index (χ1v) is 7.15. The molecule has 0 aromatic carbocycles. The molecule has 2 aliphatic rings. The Hall–Kier alpha value is -1.45. The summed E-state index contributed by atoms with van der Waals surface area (Å²) in [6, 6.07) is 0.700. The van der Waals surface area contributed by atoms with Gasteiger partial charge in [0.1, 0.15) is 0 Å². The van der Waals surface area contributed by atoms with E-state index in [1.54, 1.807) is 13.0 Å². The summed E-state index contributed by atoms with van der Waals surface area (Å²) in [7, 11) is 2.17. The molecule has 2 unspecified atom stereocenters. The maximum atomic E-state index is 10.8. The average Bonchev–Trinajstić information content (AvgIpc) is 2.69. The molecular formula is C19H38BNOReRf-. The molecule has 1 aliphatic heterocycles. The number of rotatable bonds is 2. The Labute approximate surface area is 162 Å². The molecule has 2 rings (SSSR count). The Bertz CT molecular complexity index is 348.